The van der Waals surface area contributed by atoms with Gasteiger partial charge in [0.2, 0.25) is 11.9 Å². The van der Waals surface area contributed by atoms with Gasteiger partial charge in [0.15, 0.2) is 0 Å². The van der Waals surface area contributed by atoms with Gasteiger partial charge in [-0.25, -0.2) is 19.6 Å². The van der Waals surface area contributed by atoms with Crippen LogP contribution < -0.4 is 10.6 Å². The molecule has 0 aliphatic rings. The van der Waals surface area contributed by atoms with Gasteiger partial charge in [0.25, 0.3) is 0 Å². The summed E-state index contributed by atoms with van der Waals surface area (Å²) >= 11 is 0. The van der Waals surface area contributed by atoms with Crippen molar-refractivity contribution in [1.29, 1.82) is 0 Å². The van der Waals surface area contributed by atoms with Crippen LogP contribution >= 0.6 is 0 Å². The minimum atomic E-state index is -1.13. The molecule has 0 aliphatic carbocycles. The lowest BCUT2D eigenvalue weighted by molar-refractivity contribution is 0.0361. The number of anilines is 2. The lowest BCUT2D eigenvalue weighted by atomic mass is 10.3. The fourth-order valence-electron chi connectivity index (χ4n) is 2.48. The highest BCUT2D eigenvalue weighted by atomic mass is 16.6. The standard InChI is InChI=1S/C11H13N3O4.C8H7N3O2/c15-5-7(16)6-18-11(17)14-10-12-8-3-1-2-4-9(8)13-10;12-8(13)11-7-9-5-3-1-2-4-6(5)10-7/h1-4,7,15-16H,5-6H2,(H2,12,13,14,17);1-4H,(H,12,13)(H2,9,10,11). The first-order valence-electron chi connectivity index (χ1n) is 9.06. The third-order valence-electron chi connectivity index (χ3n) is 3.84. The van der Waals surface area contributed by atoms with E-state index >= 15 is 0 Å². The van der Waals surface area contributed by atoms with E-state index in [-0.39, 0.29) is 18.5 Å². The Kier molecular flexibility index (Phi) is 6.98. The Morgan fingerprint density at radius 3 is 1.94 bits per heavy atom. The summed E-state index contributed by atoms with van der Waals surface area (Å²) in [5.74, 6) is 0.508. The molecule has 0 fully saturated rings. The van der Waals surface area contributed by atoms with Crippen molar-refractivity contribution >= 4 is 46.1 Å². The third kappa shape index (κ3) is 6.16. The lowest BCUT2D eigenvalue weighted by Gasteiger charge is -2.07. The number of amides is 2. The molecule has 2 amide bonds. The van der Waals surface area contributed by atoms with Gasteiger partial charge in [-0.2, -0.15) is 0 Å². The molecule has 12 nitrogen and oxygen atoms in total. The second kappa shape index (κ2) is 10.0. The normalized spacial score (nSPS) is 11.4. The quantitative estimate of drug-likeness (QED) is 0.252. The second-order valence-corrected chi connectivity index (χ2v) is 6.20. The van der Waals surface area contributed by atoms with E-state index < -0.39 is 24.9 Å². The number of hydrogen-bond donors (Lipinski definition) is 7. The molecule has 12 heteroatoms. The number of aliphatic hydroxyl groups excluding tert-OH is 2. The second-order valence-electron chi connectivity index (χ2n) is 6.20. The van der Waals surface area contributed by atoms with Crippen molar-refractivity contribution in [3.05, 3.63) is 48.5 Å². The summed E-state index contributed by atoms with van der Waals surface area (Å²) in [5, 5.41) is 30.5. The first-order valence-corrected chi connectivity index (χ1v) is 9.06. The first kappa shape index (κ1) is 21.5. The third-order valence-corrected chi connectivity index (χ3v) is 3.84. The molecule has 0 spiro atoms. The highest BCUT2D eigenvalue weighted by molar-refractivity contribution is 5.86. The summed E-state index contributed by atoms with van der Waals surface area (Å²) in [6, 6.07) is 14.6. The zero-order valence-electron chi connectivity index (χ0n) is 16.1. The predicted molar refractivity (Wildman–Crippen MR) is 112 cm³/mol. The van der Waals surface area contributed by atoms with Gasteiger partial charge in [-0.1, -0.05) is 24.3 Å². The number of fused-ring (bicyclic) bond motifs is 2. The molecule has 1 atom stereocenters. The molecule has 2 heterocycles. The number of carboxylic acid groups (broad SMARTS) is 1. The van der Waals surface area contributed by atoms with Gasteiger partial charge in [0.05, 0.1) is 28.7 Å². The number of carbonyl (C=O) groups excluding carboxylic acids is 1. The average Bonchev–Trinajstić information content (AvgIpc) is 3.34. The predicted octanol–water partition coefficient (Wildman–Crippen LogP) is 2.12. The largest absolute Gasteiger partial charge is 0.465 e. The number of carbonyl (C=O) groups is 2. The van der Waals surface area contributed by atoms with E-state index in [2.05, 4.69) is 35.3 Å². The number of hydrogen-bond acceptors (Lipinski definition) is 7. The Hall–Kier alpha value is -4.16. The monoisotopic (exact) mass is 428 g/mol. The molecule has 4 aromatic rings. The molecule has 162 valence electrons. The molecule has 2 aromatic carbocycles. The molecule has 0 saturated carbocycles. The first-order chi connectivity index (χ1) is 14.9. The Balaban J connectivity index is 0.000000185. The topological polar surface area (TPSA) is 185 Å². The van der Waals surface area contributed by atoms with Crippen LogP contribution in [0.1, 0.15) is 0 Å². The van der Waals surface area contributed by atoms with Crippen molar-refractivity contribution in [2.24, 2.45) is 0 Å². The molecule has 1 unspecified atom stereocenters. The van der Waals surface area contributed by atoms with Gasteiger partial charge < -0.3 is 30.0 Å². The van der Waals surface area contributed by atoms with Crippen LogP contribution in [0.2, 0.25) is 0 Å². The van der Waals surface area contributed by atoms with Crippen molar-refractivity contribution in [1.82, 2.24) is 19.9 Å². The van der Waals surface area contributed by atoms with Crippen molar-refractivity contribution < 1.29 is 29.6 Å². The molecular weight excluding hydrogens is 408 g/mol. The van der Waals surface area contributed by atoms with Crippen LogP contribution in [0.5, 0.6) is 0 Å². The van der Waals surface area contributed by atoms with Crippen LogP contribution in [-0.2, 0) is 4.74 Å². The summed E-state index contributed by atoms with van der Waals surface area (Å²) in [4.78, 5) is 35.4. The zero-order chi connectivity index (χ0) is 22.2. The van der Waals surface area contributed by atoms with E-state index in [1.54, 1.807) is 12.1 Å². The van der Waals surface area contributed by atoms with Crippen LogP contribution in [0, 0.1) is 0 Å². The number of H-pyrrole nitrogens is 2. The maximum atomic E-state index is 11.3. The number of benzene rings is 2. The van der Waals surface area contributed by atoms with Gasteiger partial charge in [-0.15, -0.1) is 0 Å². The van der Waals surface area contributed by atoms with Crippen molar-refractivity contribution in [2.45, 2.75) is 6.10 Å². The maximum Gasteiger partial charge on any atom is 0.414 e. The number of aromatic amines is 2. The summed E-state index contributed by atoms with van der Waals surface area (Å²) < 4.78 is 4.67. The fourth-order valence-corrected chi connectivity index (χ4v) is 2.48. The Bertz CT molecular complexity index is 1110. The Morgan fingerprint density at radius 2 is 1.45 bits per heavy atom. The zero-order valence-corrected chi connectivity index (χ0v) is 16.1. The molecule has 31 heavy (non-hydrogen) atoms. The number of rotatable bonds is 5. The molecule has 0 radical (unpaired) electrons. The van der Waals surface area contributed by atoms with Gasteiger partial charge in [0.1, 0.15) is 12.7 Å². The van der Waals surface area contributed by atoms with E-state index in [0.717, 1.165) is 22.1 Å². The van der Waals surface area contributed by atoms with Crippen LogP contribution in [0.4, 0.5) is 21.5 Å². The van der Waals surface area contributed by atoms with Gasteiger partial charge in [-0.3, -0.25) is 10.6 Å². The summed E-state index contributed by atoms with van der Waals surface area (Å²) in [6.07, 6.45) is -2.95. The molecule has 0 bridgehead atoms. The number of aromatic nitrogens is 4. The van der Waals surface area contributed by atoms with E-state index in [0.29, 0.717) is 0 Å². The number of para-hydroxylation sites is 4. The molecule has 7 N–H and O–H groups in total. The number of ether oxygens (including phenoxy) is 1. The van der Waals surface area contributed by atoms with Crippen molar-refractivity contribution in [2.75, 3.05) is 23.8 Å². The minimum absolute atomic E-state index is 0.244. The number of nitrogens with one attached hydrogen (secondary N) is 4. The average molecular weight is 428 g/mol. The van der Waals surface area contributed by atoms with Crippen LogP contribution in [0.15, 0.2) is 48.5 Å². The SMILES string of the molecule is O=C(Nc1nc2ccccc2[nH]1)OCC(O)CO.O=C(O)Nc1nc2ccccc2[nH]1. The number of nitrogens with zero attached hydrogens (tertiary/aromatic N) is 2. The summed E-state index contributed by atoms with van der Waals surface area (Å²) in [7, 11) is 0. The molecule has 0 saturated heterocycles. The van der Waals surface area contributed by atoms with Crippen molar-refractivity contribution in [3.63, 3.8) is 0 Å². The van der Waals surface area contributed by atoms with Crippen LogP contribution in [-0.4, -0.2) is 66.8 Å². The van der Waals surface area contributed by atoms with Crippen molar-refractivity contribution in [3.8, 4) is 0 Å². The van der Waals surface area contributed by atoms with Crippen LogP contribution in [0.25, 0.3) is 22.1 Å². The minimum Gasteiger partial charge on any atom is -0.465 e. The van der Waals surface area contributed by atoms with Gasteiger partial charge in [0, 0.05) is 0 Å². The Morgan fingerprint density at radius 1 is 0.935 bits per heavy atom. The highest BCUT2D eigenvalue weighted by Gasteiger charge is 2.10. The smallest absolute Gasteiger partial charge is 0.414 e. The van der Waals surface area contributed by atoms with E-state index in [1.807, 2.05) is 36.4 Å². The molecule has 2 aromatic heterocycles. The molecule has 4 rings (SSSR count). The summed E-state index contributed by atoms with van der Waals surface area (Å²) in [5.41, 5.74) is 3.07. The van der Waals surface area contributed by atoms with E-state index in [1.165, 1.54) is 0 Å². The Labute approximate surface area is 174 Å². The van der Waals surface area contributed by atoms with E-state index in [4.69, 9.17) is 15.3 Å². The summed E-state index contributed by atoms with van der Waals surface area (Å²) in [6.45, 7) is -0.736. The van der Waals surface area contributed by atoms with Crippen LogP contribution in [0.3, 0.4) is 0 Å². The fraction of sp³-hybridized carbons (Fsp3) is 0.158. The lowest BCUT2D eigenvalue weighted by Crippen LogP contribution is -2.24. The maximum absolute atomic E-state index is 11.3. The highest BCUT2D eigenvalue weighted by Crippen LogP contribution is 2.14. The number of aliphatic hydroxyl groups is 2. The van der Waals surface area contributed by atoms with Gasteiger partial charge >= 0.3 is 12.2 Å². The molecular formula is C19H20N6O6. The number of imidazole rings is 2. The van der Waals surface area contributed by atoms with E-state index in [9.17, 15) is 9.59 Å². The molecule has 0 aliphatic heterocycles. The van der Waals surface area contributed by atoms with Gasteiger partial charge in [-0.05, 0) is 24.3 Å².